The molecule has 1 aromatic rings. The van der Waals surface area contributed by atoms with Crippen LogP contribution in [0.25, 0.3) is 0 Å². The van der Waals surface area contributed by atoms with Crippen LogP contribution in [-0.2, 0) is 0 Å². The van der Waals surface area contributed by atoms with E-state index < -0.39 is 17.5 Å². The number of hydrogen-bond acceptors (Lipinski definition) is 2. The summed E-state index contributed by atoms with van der Waals surface area (Å²) in [6, 6.07) is 2.36. The Balaban J connectivity index is 1.83. The van der Waals surface area contributed by atoms with Gasteiger partial charge in [-0.05, 0) is 44.9 Å². The molecule has 0 aromatic heterocycles. The fourth-order valence-corrected chi connectivity index (χ4v) is 3.56. The lowest BCUT2D eigenvalue weighted by Gasteiger charge is -2.35. The number of benzene rings is 1. The Hall–Kier alpha value is -1.36. The second-order valence-electron chi connectivity index (χ2n) is 5.84. The Bertz CT molecular complexity index is 523. The van der Waals surface area contributed by atoms with Gasteiger partial charge in [0, 0.05) is 23.6 Å². The number of ketones is 1. The molecule has 2 heterocycles. The van der Waals surface area contributed by atoms with Crippen LogP contribution in [0.3, 0.4) is 0 Å². The highest BCUT2D eigenvalue weighted by Gasteiger charge is 2.41. The summed E-state index contributed by atoms with van der Waals surface area (Å²) < 4.78 is 39.4. The van der Waals surface area contributed by atoms with Crippen LogP contribution in [0.2, 0.25) is 0 Å². The van der Waals surface area contributed by atoms with Crippen LogP contribution in [0.1, 0.15) is 36.0 Å². The van der Waals surface area contributed by atoms with Crippen LogP contribution in [-0.4, -0.2) is 29.8 Å². The molecule has 2 aliphatic heterocycles. The number of piperidine rings is 1. The molecule has 2 saturated heterocycles. The lowest BCUT2D eigenvalue weighted by molar-refractivity contribution is 0.0766. The summed E-state index contributed by atoms with van der Waals surface area (Å²) in [5.74, 6) is -4.61. The van der Waals surface area contributed by atoms with Gasteiger partial charge in [0.05, 0.1) is 0 Å². The average Bonchev–Trinajstić information content (AvgIpc) is 2.66. The maximum Gasteiger partial charge on any atom is 0.194 e. The molecular weight excluding hydrogens is 267 g/mol. The maximum absolute atomic E-state index is 13.2. The summed E-state index contributed by atoms with van der Waals surface area (Å²) in [7, 11) is 2.06. The minimum atomic E-state index is -1.52. The number of hydrogen-bond donors (Lipinski definition) is 0. The first-order valence-electron chi connectivity index (χ1n) is 6.88. The van der Waals surface area contributed by atoms with Crippen LogP contribution in [0.4, 0.5) is 13.2 Å². The Morgan fingerprint density at radius 2 is 1.60 bits per heavy atom. The summed E-state index contributed by atoms with van der Waals surface area (Å²) >= 11 is 0. The third-order valence-corrected chi connectivity index (χ3v) is 4.74. The van der Waals surface area contributed by atoms with Crippen molar-refractivity contribution in [2.45, 2.75) is 37.8 Å². The minimum Gasteiger partial charge on any atom is -0.300 e. The summed E-state index contributed by atoms with van der Waals surface area (Å²) in [5, 5.41) is 0. The SMILES string of the molecule is CN1C2CCC1CC(C(=O)c1cc(F)c(F)c(F)c1)C2. The molecule has 2 atom stereocenters. The van der Waals surface area contributed by atoms with Crippen LogP contribution in [0.5, 0.6) is 0 Å². The molecule has 0 N–H and O–H groups in total. The lowest BCUT2D eigenvalue weighted by Crippen LogP contribution is -2.42. The Morgan fingerprint density at radius 1 is 1.10 bits per heavy atom. The van der Waals surface area contributed by atoms with Crippen molar-refractivity contribution in [3.05, 3.63) is 35.1 Å². The largest absolute Gasteiger partial charge is 0.300 e. The fourth-order valence-electron chi connectivity index (χ4n) is 3.56. The van der Waals surface area contributed by atoms with E-state index in [1.54, 1.807) is 0 Å². The van der Waals surface area contributed by atoms with E-state index in [2.05, 4.69) is 11.9 Å². The van der Waals surface area contributed by atoms with E-state index in [4.69, 9.17) is 0 Å². The zero-order valence-corrected chi connectivity index (χ0v) is 11.2. The Kier molecular flexibility index (Phi) is 3.32. The van der Waals surface area contributed by atoms with Gasteiger partial charge in [-0.2, -0.15) is 0 Å². The summed E-state index contributed by atoms with van der Waals surface area (Å²) in [6.45, 7) is 0. The van der Waals surface area contributed by atoms with Gasteiger partial charge in [-0.15, -0.1) is 0 Å². The number of rotatable bonds is 2. The maximum atomic E-state index is 13.2. The standard InChI is InChI=1S/C15H16F3NO/c1-19-10-2-3-11(19)5-8(4-10)15(20)9-6-12(16)14(18)13(17)7-9/h6-8,10-11H,2-5H2,1H3. The van der Waals surface area contributed by atoms with Crippen LogP contribution in [0, 0.1) is 23.4 Å². The zero-order valence-electron chi connectivity index (χ0n) is 11.2. The van der Waals surface area contributed by atoms with Gasteiger partial charge >= 0.3 is 0 Å². The molecule has 108 valence electrons. The highest BCUT2D eigenvalue weighted by atomic mass is 19.2. The predicted octanol–water partition coefficient (Wildman–Crippen LogP) is 3.16. The monoisotopic (exact) mass is 283 g/mol. The van der Waals surface area contributed by atoms with Crippen molar-refractivity contribution in [3.8, 4) is 0 Å². The molecule has 2 unspecified atom stereocenters. The Morgan fingerprint density at radius 3 is 2.10 bits per heavy atom. The molecule has 2 nitrogen and oxygen atoms in total. The molecule has 0 saturated carbocycles. The average molecular weight is 283 g/mol. The van der Waals surface area contributed by atoms with E-state index >= 15 is 0 Å². The van der Waals surface area contributed by atoms with Gasteiger partial charge in [0.1, 0.15) is 0 Å². The topological polar surface area (TPSA) is 20.3 Å². The van der Waals surface area contributed by atoms with Gasteiger partial charge in [-0.3, -0.25) is 4.79 Å². The number of nitrogens with zero attached hydrogens (tertiary/aromatic N) is 1. The Labute approximate surface area is 115 Å². The number of halogens is 3. The molecule has 3 rings (SSSR count). The molecule has 0 radical (unpaired) electrons. The summed E-state index contributed by atoms with van der Waals surface area (Å²) in [6.07, 6.45) is 3.56. The molecule has 5 heteroatoms. The number of Topliss-reactive ketones (excluding diaryl/α,β-unsaturated/α-hetero) is 1. The number of carbonyl (C=O) groups excluding carboxylic acids is 1. The van der Waals surface area contributed by atoms with Gasteiger partial charge in [-0.25, -0.2) is 13.2 Å². The van der Waals surface area contributed by atoms with E-state index in [9.17, 15) is 18.0 Å². The lowest BCUT2D eigenvalue weighted by atomic mass is 9.85. The van der Waals surface area contributed by atoms with E-state index in [1.165, 1.54) is 0 Å². The van der Waals surface area contributed by atoms with Crippen molar-refractivity contribution in [1.29, 1.82) is 0 Å². The second kappa shape index (κ2) is 4.88. The molecule has 0 spiro atoms. The van der Waals surface area contributed by atoms with Crippen molar-refractivity contribution in [1.82, 2.24) is 4.90 Å². The van der Waals surface area contributed by atoms with Crippen molar-refractivity contribution in [2.24, 2.45) is 5.92 Å². The summed E-state index contributed by atoms with van der Waals surface area (Å²) in [5.41, 5.74) is -0.0599. The van der Waals surface area contributed by atoms with Crippen LogP contribution < -0.4 is 0 Å². The minimum absolute atomic E-state index is 0.0599. The van der Waals surface area contributed by atoms with Crippen LogP contribution in [0.15, 0.2) is 12.1 Å². The first kappa shape index (κ1) is 13.6. The van der Waals surface area contributed by atoms with Crippen molar-refractivity contribution in [3.63, 3.8) is 0 Å². The fraction of sp³-hybridized carbons (Fsp3) is 0.533. The van der Waals surface area contributed by atoms with E-state index in [1.807, 2.05) is 0 Å². The molecule has 0 amide bonds. The molecule has 1 aromatic carbocycles. The van der Waals surface area contributed by atoms with Gasteiger partial charge in [0.2, 0.25) is 0 Å². The highest BCUT2D eigenvalue weighted by Crippen LogP contribution is 2.38. The second-order valence-corrected chi connectivity index (χ2v) is 5.84. The van der Waals surface area contributed by atoms with E-state index in [0.717, 1.165) is 25.0 Å². The molecule has 2 bridgehead atoms. The van der Waals surface area contributed by atoms with Crippen molar-refractivity contribution in [2.75, 3.05) is 7.05 Å². The highest BCUT2D eigenvalue weighted by molar-refractivity contribution is 5.98. The first-order valence-corrected chi connectivity index (χ1v) is 6.88. The smallest absolute Gasteiger partial charge is 0.194 e. The number of fused-ring (bicyclic) bond motifs is 2. The molecule has 2 aliphatic rings. The third kappa shape index (κ3) is 2.14. The molecule has 2 fully saturated rings. The van der Waals surface area contributed by atoms with Gasteiger partial charge in [0.15, 0.2) is 23.2 Å². The van der Waals surface area contributed by atoms with Crippen molar-refractivity contribution < 1.29 is 18.0 Å². The van der Waals surface area contributed by atoms with Gasteiger partial charge < -0.3 is 4.90 Å². The zero-order chi connectivity index (χ0) is 14.4. The molecular formula is C15H16F3NO. The van der Waals surface area contributed by atoms with Gasteiger partial charge in [0.25, 0.3) is 0 Å². The number of carbonyl (C=O) groups is 1. The van der Waals surface area contributed by atoms with Crippen molar-refractivity contribution >= 4 is 5.78 Å². The molecule has 0 aliphatic carbocycles. The van der Waals surface area contributed by atoms with Crippen LogP contribution >= 0.6 is 0 Å². The summed E-state index contributed by atoms with van der Waals surface area (Å²) in [4.78, 5) is 14.7. The first-order chi connectivity index (χ1) is 9.47. The molecule has 20 heavy (non-hydrogen) atoms. The normalized spacial score (nSPS) is 29.7. The third-order valence-electron chi connectivity index (χ3n) is 4.74. The van der Waals surface area contributed by atoms with E-state index in [0.29, 0.717) is 24.9 Å². The quantitative estimate of drug-likeness (QED) is 0.614. The van der Waals surface area contributed by atoms with E-state index in [-0.39, 0.29) is 17.3 Å². The predicted molar refractivity (Wildman–Crippen MR) is 67.9 cm³/mol. The van der Waals surface area contributed by atoms with Gasteiger partial charge in [-0.1, -0.05) is 0 Å².